The van der Waals surface area contributed by atoms with Gasteiger partial charge in [0, 0.05) is 35.5 Å². The van der Waals surface area contributed by atoms with Gasteiger partial charge in [0.15, 0.2) is 5.82 Å². The van der Waals surface area contributed by atoms with Crippen molar-refractivity contribution in [1.82, 2.24) is 4.98 Å². The molecule has 0 bridgehead atoms. The molecule has 1 saturated heterocycles. The van der Waals surface area contributed by atoms with Crippen molar-refractivity contribution >= 4 is 34.9 Å². The van der Waals surface area contributed by atoms with E-state index in [0.717, 1.165) is 11.8 Å². The Balaban J connectivity index is 1.78. The fourth-order valence-corrected chi connectivity index (χ4v) is 4.46. The Bertz CT molecular complexity index is 1220. The standard InChI is InChI=1S/C27H28FN3O4S/c1-4-18(14-20(5-2)34-12-13-36-25-9-11-35-27(25)33)22-15-19(6-7-21(22)17(3)29)26(32)31-24-8-10-30-16-23(24)28/h1,5-8,10,14-17,25H,9,11-13,29H2,2-3H3,(H,30,31,32)/b18-14+,20-5+/t17-,25?/m1/s1. The van der Waals surface area contributed by atoms with Crippen molar-refractivity contribution in [3.8, 4) is 12.3 Å². The van der Waals surface area contributed by atoms with E-state index < -0.39 is 11.7 Å². The number of pyridine rings is 1. The van der Waals surface area contributed by atoms with Crippen LogP contribution in [0.1, 0.15) is 47.8 Å². The number of nitrogens with two attached hydrogens (primary N) is 1. The van der Waals surface area contributed by atoms with Gasteiger partial charge in [-0.05, 0) is 55.3 Å². The third kappa shape index (κ3) is 6.97. The second-order valence-electron chi connectivity index (χ2n) is 7.96. The van der Waals surface area contributed by atoms with E-state index in [-0.39, 0.29) is 28.5 Å². The van der Waals surface area contributed by atoms with E-state index in [1.807, 2.05) is 13.8 Å². The van der Waals surface area contributed by atoms with Crippen LogP contribution in [0.15, 0.2) is 54.6 Å². The fraction of sp³-hybridized carbons (Fsp3) is 0.296. The van der Waals surface area contributed by atoms with Crippen molar-refractivity contribution in [2.45, 2.75) is 31.6 Å². The van der Waals surface area contributed by atoms with E-state index >= 15 is 0 Å². The Morgan fingerprint density at radius 3 is 2.92 bits per heavy atom. The van der Waals surface area contributed by atoms with Crippen LogP contribution in [0.4, 0.5) is 10.1 Å². The lowest BCUT2D eigenvalue weighted by molar-refractivity contribution is -0.137. The molecule has 3 N–H and O–H groups in total. The summed E-state index contributed by atoms with van der Waals surface area (Å²) in [5, 5.41) is 2.39. The van der Waals surface area contributed by atoms with Crippen LogP contribution in [0.5, 0.6) is 0 Å². The smallest absolute Gasteiger partial charge is 0.319 e. The van der Waals surface area contributed by atoms with E-state index in [1.165, 1.54) is 24.0 Å². The maximum Gasteiger partial charge on any atom is 0.319 e. The molecule has 2 atom stereocenters. The lowest BCUT2D eigenvalue weighted by atomic mass is 9.93. The average Bonchev–Trinajstić information content (AvgIpc) is 3.29. The average molecular weight is 510 g/mol. The molecular weight excluding hydrogens is 481 g/mol. The van der Waals surface area contributed by atoms with Crippen LogP contribution in [-0.2, 0) is 14.3 Å². The number of benzene rings is 1. The van der Waals surface area contributed by atoms with E-state index in [9.17, 15) is 14.0 Å². The van der Waals surface area contributed by atoms with Gasteiger partial charge in [0.2, 0.25) is 0 Å². The molecule has 0 aliphatic carbocycles. The monoisotopic (exact) mass is 509 g/mol. The van der Waals surface area contributed by atoms with Crippen LogP contribution < -0.4 is 11.1 Å². The Kier molecular flexibility index (Phi) is 9.68. The molecule has 3 rings (SSSR count). The minimum absolute atomic E-state index is 0.0221. The first kappa shape index (κ1) is 27.0. The number of nitrogens with one attached hydrogen (secondary N) is 1. The topological polar surface area (TPSA) is 104 Å². The third-order valence-corrected chi connectivity index (χ3v) is 6.63. The number of carbonyl (C=O) groups is 2. The van der Waals surface area contributed by atoms with Crippen molar-refractivity contribution in [2.24, 2.45) is 5.73 Å². The number of hydrogen-bond donors (Lipinski definition) is 2. The fourth-order valence-electron chi connectivity index (χ4n) is 3.53. The van der Waals surface area contributed by atoms with Crippen molar-refractivity contribution in [2.75, 3.05) is 24.3 Å². The Labute approximate surface area is 214 Å². The van der Waals surface area contributed by atoms with E-state index in [4.69, 9.17) is 21.6 Å². The van der Waals surface area contributed by atoms with Crippen LogP contribution in [0.25, 0.3) is 5.57 Å². The van der Waals surface area contributed by atoms with Crippen LogP contribution >= 0.6 is 11.8 Å². The van der Waals surface area contributed by atoms with Gasteiger partial charge in [-0.15, -0.1) is 18.2 Å². The lowest BCUT2D eigenvalue weighted by Crippen LogP contribution is -2.15. The van der Waals surface area contributed by atoms with Gasteiger partial charge >= 0.3 is 5.97 Å². The highest BCUT2D eigenvalue weighted by Crippen LogP contribution is 2.27. The van der Waals surface area contributed by atoms with Gasteiger partial charge in [-0.25, -0.2) is 4.39 Å². The second kappa shape index (κ2) is 12.9. The normalized spacial score (nSPS) is 16.8. The molecule has 0 saturated carbocycles. The van der Waals surface area contributed by atoms with E-state index in [2.05, 4.69) is 16.2 Å². The number of carbonyl (C=O) groups excluding carboxylic acids is 2. The zero-order valence-electron chi connectivity index (χ0n) is 20.1. The van der Waals surface area contributed by atoms with Gasteiger partial charge in [0.25, 0.3) is 5.91 Å². The van der Waals surface area contributed by atoms with Crippen LogP contribution in [0.2, 0.25) is 0 Å². The van der Waals surface area contributed by atoms with Gasteiger partial charge < -0.3 is 20.5 Å². The first-order chi connectivity index (χ1) is 17.3. The highest BCUT2D eigenvalue weighted by molar-refractivity contribution is 8.00. The van der Waals surface area contributed by atoms with Crippen LogP contribution in [0.3, 0.4) is 0 Å². The number of aromatic nitrogens is 1. The summed E-state index contributed by atoms with van der Waals surface area (Å²) < 4.78 is 24.8. The first-order valence-corrected chi connectivity index (χ1v) is 12.4. The quantitative estimate of drug-likeness (QED) is 0.160. The number of rotatable bonds is 10. The summed E-state index contributed by atoms with van der Waals surface area (Å²) in [5.41, 5.74) is 8.30. The zero-order chi connectivity index (χ0) is 26.1. The number of ether oxygens (including phenoxy) is 2. The summed E-state index contributed by atoms with van der Waals surface area (Å²) in [5.74, 6) is 2.50. The molecule has 1 unspecified atom stereocenters. The second-order valence-corrected chi connectivity index (χ2v) is 9.27. The zero-order valence-corrected chi connectivity index (χ0v) is 20.9. The maximum absolute atomic E-state index is 13.9. The number of hydrogen-bond acceptors (Lipinski definition) is 7. The maximum atomic E-state index is 13.9. The van der Waals surface area contributed by atoms with Crippen molar-refractivity contribution in [3.63, 3.8) is 0 Å². The number of thioether (sulfide) groups is 1. The molecule has 36 heavy (non-hydrogen) atoms. The summed E-state index contributed by atoms with van der Waals surface area (Å²) in [6.45, 7) is 4.48. The van der Waals surface area contributed by atoms with Crippen molar-refractivity contribution in [1.29, 1.82) is 0 Å². The molecule has 0 radical (unpaired) electrons. The Morgan fingerprint density at radius 2 is 2.28 bits per heavy atom. The number of allylic oxidation sites excluding steroid dienone is 3. The first-order valence-electron chi connectivity index (χ1n) is 11.4. The van der Waals surface area contributed by atoms with Gasteiger partial charge in [-0.1, -0.05) is 12.0 Å². The molecular formula is C27H28FN3O4S. The molecule has 188 valence electrons. The van der Waals surface area contributed by atoms with Crippen LogP contribution in [-0.4, -0.2) is 41.1 Å². The summed E-state index contributed by atoms with van der Waals surface area (Å²) in [6.07, 6.45) is 12.4. The molecule has 1 aliphatic heterocycles. The SMILES string of the molecule is C#C/C(=C\C(=C/C)OCCSC1CCOC1=O)c1cc(C(=O)Nc2ccncc2F)ccc1[C@@H](C)N. The minimum Gasteiger partial charge on any atom is -0.493 e. The number of halogens is 1. The largest absolute Gasteiger partial charge is 0.493 e. The van der Waals surface area contributed by atoms with Gasteiger partial charge in [-0.3, -0.25) is 14.6 Å². The molecule has 1 aromatic carbocycles. The van der Waals surface area contributed by atoms with Gasteiger partial charge in [-0.2, -0.15) is 0 Å². The summed E-state index contributed by atoms with van der Waals surface area (Å²) in [6, 6.07) is 6.00. The van der Waals surface area contributed by atoms with Gasteiger partial charge in [0.05, 0.1) is 25.1 Å². The van der Waals surface area contributed by atoms with Crippen LogP contribution in [0, 0.1) is 18.2 Å². The predicted molar refractivity (Wildman–Crippen MR) is 140 cm³/mol. The molecule has 0 spiro atoms. The highest BCUT2D eigenvalue weighted by atomic mass is 32.2. The highest BCUT2D eigenvalue weighted by Gasteiger charge is 2.26. The Morgan fingerprint density at radius 1 is 1.47 bits per heavy atom. The lowest BCUT2D eigenvalue weighted by Gasteiger charge is -2.16. The number of nitrogens with zero attached hydrogens (tertiary/aromatic N) is 1. The molecule has 1 aliphatic rings. The molecule has 2 heterocycles. The Hall–Kier alpha value is -3.61. The molecule has 2 aromatic rings. The number of terminal acetylenes is 1. The predicted octanol–water partition coefficient (Wildman–Crippen LogP) is 4.48. The molecule has 9 heteroatoms. The van der Waals surface area contributed by atoms with Crippen molar-refractivity contribution < 1.29 is 23.5 Å². The summed E-state index contributed by atoms with van der Waals surface area (Å²) in [7, 11) is 0. The third-order valence-electron chi connectivity index (χ3n) is 5.40. The van der Waals surface area contributed by atoms with E-state index in [0.29, 0.717) is 42.3 Å². The van der Waals surface area contributed by atoms with Crippen molar-refractivity contribution in [3.05, 3.63) is 77.1 Å². The summed E-state index contributed by atoms with van der Waals surface area (Å²) >= 11 is 1.50. The number of amides is 1. The molecule has 1 fully saturated rings. The van der Waals surface area contributed by atoms with Gasteiger partial charge in [0.1, 0.15) is 11.0 Å². The number of cyclic esters (lactones) is 1. The molecule has 7 nitrogen and oxygen atoms in total. The number of anilines is 1. The number of esters is 1. The molecule has 1 amide bonds. The minimum atomic E-state index is -0.639. The summed E-state index contributed by atoms with van der Waals surface area (Å²) in [4.78, 5) is 28.1. The molecule has 1 aromatic heterocycles. The van der Waals surface area contributed by atoms with E-state index in [1.54, 1.807) is 30.4 Å².